The number of ketones is 1. The molecule has 0 radical (unpaired) electrons. The molecule has 3 aromatic rings. The van der Waals surface area contributed by atoms with E-state index in [1.807, 2.05) is 24.3 Å². The molecule has 0 spiro atoms. The number of methoxy groups -OCH3 is 1. The molecule has 4 rings (SSSR count). The number of Topliss-reactive ketones (excluding diaryl/α,β-unsaturated/α-hetero) is 1. The van der Waals surface area contributed by atoms with Crippen LogP contribution >= 0.6 is 15.9 Å². The standard InChI is InChI=1S/C23H15BrO5/c1-27-17-7-5-15(6-8-17)23(26)28-18-9-10-19-20(13-18)29-21(22(19)25)12-14-3-2-4-16(24)11-14/h2-13H,1H3. The van der Waals surface area contributed by atoms with Gasteiger partial charge in [0.1, 0.15) is 17.2 Å². The molecule has 0 atom stereocenters. The van der Waals surface area contributed by atoms with Gasteiger partial charge in [0.15, 0.2) is 5.76 Å². The highest BCUT2D eigenvalue weighted by Gasteiger charge is 2.28. The van der Waals surface area contributed by atoms with Crippen molar-refractivity contribution in [2.45, 2.75) is 0 Å². The number of benzene rings is 3. The number of fused-ring (bicyclic) bond motifs is 1. The van der Waals surface area contributed by atoms with Crippen LogP contribution in [0.3, 0.4) is 0 Å². The molecule has 0 amide bonds. The van der Waals surface area contributed by atoms with Gasteiger partial charge in [-0.15, -0.1) is 0 Å². The first-order valence-electron chi connectivity index (χ1n) is 8.73. The Labute approximate surface area is 175 Å². The van der Waals surface area contributed by atoms with E-state index in [9.17, 15) is 9.59 Å². The summed E-state index contributed by atoms with van der Waals surface area (Å²) in [5, 5.41) is 0. The summed E-state index contributed by atoms with van der Waals surface area (Å²) in [7, 11) is 1.55. The molecule has 3 aromatic carbocycles. The molecule has 0 aromatic heterocycles. The Hall–Kier alpha value is -3.38. The fourth-order valence-corrected chi connectivity index (χ4v) is 3.29. The molecule has 1 aliphatic rings. The molecule has 144 valence electrons. The van der Waals surface area contributed by atoms with Crippen LogP contribution in [0.1, 0.15) is 26.3 Å². The highest BCUT2D eigenvalue weighted by molar-refractivity contribution is 9.10. The molecule has 29 heavy (non-hydrogen) atoms. The molecule has 0 saturated carbocycles. The topological polar surface area (TPSA) is 61.8 Å². The van der Waals surface area contributed by atoms with Gasteiger partial charge in [-0.1, -0.05) is 28.1 Å². The SMILES string of the molecule is COc1ccc(C(=O)Oc2ccc3c(c2)OC(=Cc2cccc(Br)c2)C3=O)cc1. The minimum Gasteiger partial charge on any atom is -0.497 e. The van der Waals surface area contributed by atoms with E-state index in [-0.39, 0.29) is 11.5 Å². The van der Waals surface area contributed by atoms with Crippen LogP contribution < -0.4 is 14.2 Å². The summed E-state index contributed by atoms with van der Waals surface area (Å²) in [4.78, 5) is 24.9. The molecule has 0 bridgehead atoms. The van der Waals surface area contributed by atoms with Crippen LogP contribution in [0.4, 0.5) is 0 Å². The molecule has 1 aliphatic heterocycles. The predicted molar refractivity (Wildman–Crippen MR) is 111 cm³/mol. The molecule has 0 saturated heterocycles. The first-order chi connectivity index (χ1) is 14.0. The summed E-state index contributed by atoms with van der Waals surface area (Å²) >= 11 is 3.40. The lowest BCUT2D eigenvalue weighted by molar-refractivity contribution is 0.0734. The van der Waals surface area contributed by atoms with Crippen LogP contribution in [0.25, 0.3) is 6.08 Å². The zero-order valence-electron chi connectivity index (χ0n) is 15.3. The van der Waals surface area contributed by atoms with Crippen molar-refractivity contribution in [3.63, 3.8) is 0 Å². The number of hydrogen-bond donors (Lipinski definition) is 0. The highest BCUT2D eigenvalue weighted by Crippen LogP contribution is 2.35. The van der Waals surface area contributed by atoms with E-state index >= 15 is 0 Å². The van der Waals surface area contributed by atoms with Crippen molar-refractivity contribution in [3.8, 4) is 17.2 Å². The van der Waals surface area contributed by atoms with Crippen molar-refractivity contribution in [2.24, 2.45) is 0 Å². The second-order valence-electron chi connectivity index (χ2n) is 6.27. The smallest absolute Gasteiger partial charge is 0.343 e. The van der Waals surface area contributed by atoms with E-state index in [1.165, 1.54) is 6.07 Å². The summed E-state index contributed by atoms with van der Waals surface area (Å²) in [5.41, 5.74) is 1.65. The Morgan fingerprint density at radius 2 is 1.76 bits per heavy atom. The molecule has 0 N–H and O–H groups in total. The van der Waals surface area contributed by atoms with Gasteiger partial charge >= 0.3 is 5.97 Å². The molecule has 0 fully saturated rings. The zero-order valence-corrected chi connectivity index (χ0v) is 16.9. The van der Waals surface area contributed by atoms with Crippen LogP contribution in [0.2, 0.25) is 0 Å². The summed E-state index contributed by atoms with van der Waals surface area (Å²) in [5.74, 6) is 0.791. The van der Waals surface area contributed by atoms with Gasteiger partial charge in [-0.05, 0) is 60.2 Å². The minimum atomic E-state index is -0.512. The average molecular weight is 451 g/mol. The number of carbonyl (C=O) groups is 2. The maximum absolute atomic E-state index is 12.6. The van der Waals surface area contributed by atoms with Crippen molar-refractivity contribution in [1.82, 2.24) is 0 Å². The Balaban J connectivity index is 1.53. The second-order valence-corrected chi connectivity index (χ2v) is 7.19. The number of ether oxygens (including phenoxy) is 3. The third-order valence-corrected chi connectivity index (χ3v) is 4.82. The summed E-state index contributed by atoms with van der Waals surface area (Å²) in [6.07, 6.45) is 1.68. The fraction of sp³-hybridized carbons (Fsp3) is 0.0435. The number of allylic oxidation sites excluding steroid dienone is 1. The average Bonchev–Trinajstić information content (AvgIpc) is 3.03. The Morgan fingerprint density at radius 1 is 1.00 bits per heavy atom. The predicted octanol–water partition coefficient (Wildman–Crippen LogP) is 5.29. The zero-order chi connectivity index (χ0) is 20.4. The van der Waals surface area contributed by atoms with Crippen LogP contribution in [0, 0.1) is 0 Å². The van der Waals surface area contributed by atoms with Gasteiger partial charge in [0.05, 0.1) is 18.2 Å². The quantitative estimate of drug-likeness (QED) is 0.306. The number of halogens is 1. The van der Waals surface area contributed by atoms with Crippen LogP contribution in [0.15, 0.2) is 77.0 Å². The third kappa shape index (κ3) is 4.07. The van der Waals surface area contributed by atoms with Gasteiger partial charge in [0.25, 0.3) is 0 Å². The van der Waals surface area contributed by atoms with Gasteiger partial charge in [0.2, 0.25) is 5.78 Å². The van der Waals surface area contributed by atoms with E-state index in [2.05, 4.69) is 15.9 Å². The van der Waals surface area contributed by atoms with E-state index in [4.69, 9.17) is 14.2 Å². The molecule has 0 unspecified atom stereocenters. The Kier molecular flexibility index (Phi) is 5.18. The van der Waals surface area contributed by atoms with Crippen LogP contribution in [-0.2, 0) is 0 Å². The highest BCUT2D eigenvalue weighted by atomic mass is 79.9. The van der Waals surface area contributed by atoms with Crippen molar-refractivity contribution >= 4 is 33.8 Å². The van der Waals surface area contributed by atoms with Crippen LogP contribution in [-0.4, -0.2) is 18.9 Å². The van der Waals surface area contributed by atoms with Gasteiger partial charge in [-0.3, -0.25) is 4.79 Å². The molecular formula is C23H15BrO5. The van der Waals surface area contributed by atoms with Crippen molar-refractivity contribution in [3.05, 3.63) is 93.7 Å². The minimum absolute atomic E-state index is 0.215. The molecule has 6 heteroatoms. The van der Waals surface area contributed by atoms with E-state index in [1.54, 1.807) is 49.6 Å². The molecule has 5 nitrogen and oxygen atoms in total. The second kappa shape index (κ2) is 7.93. The lowest BCUT2D eigenvalue weighted by atomic mass is 10.1. The first-order valence-corrected chi connectivity index (χ1v) is 9.53. The number of rotatable bonds is 4. The van der Waals surface area contributed by atoms with E-state index in [0.717, 1.165) is 10.0 Å². The number of esters is 1. The number of carbonyl (C=O) groups excluding carboxylic acids is 2. The molecule has 1 heterocycles. The normalized spacial score (nSPS) is 13.7. The molecular weight excluding hydrogens is 436 g/mol. The summed E-state index contributed by atoms with van der Waals surface area (Å²) in [6.45, 7) is 0. The third-order valence-electron chi connectivity index (χ3n) is 4.32. The summed E-state index contributed by atoms with van der Waals surface area (Å²) in [6, 6.07) is 18.8. The van der Waals surface area contributed by atoms with Gasteiger partial charge in [-0.2, -0.15) is 0 Å². The Bertz CT molecular complexity index is 1130. The van der Waals surface area contributed by atoms with Gasteiger partial charge in [-0.25, -0.2) is 4.79 Å². The van der Waals surface area contributed by atoms with Crippen molar-refractivity contribution in [2.75, 3.05) is 7.11 Å². The number of hydrogen-bond acceptors (Lipinski definition) is 5. The maximum Gasteiger partial charge on any atom is 0.343 e. The monoisotopic (exact) mass is 450 g/mol. The van der Waals surface area contributed by atoms with Gasteiger partial charge < -0.3 is 14.2 Å². The molecule has 0 aliphatic carbocycles. The first kappa shape index (κ1) is 19.0. The van der Waals surface area contributed by atoms with Gasteiger partial charge in [0, 0.05) is 10.5 Å². The lowest BCUT2D eigenvalue weighted by Gasteiger charge is -2.06. The summed E-state index contributed by atoms with van der Waals surface area (Å²) < 4.78 is 17.1. The van der Waals surface area contributed by atoms with Crippen molar-refractivity contribution < 1.29 is 23.8 Å². The van der Waals surface area contributed by atoms with Crippen molar-refractivity contribution in [1.29, 1.82) is 0 Å². The fourth-order valence-electron chi connectivity index (χ4n) is 2.87. The van der Waals surface area contributed by atoms with Crippen LogP contribution in [0.5, 0.6) is 17.2 Å². The van der Waals surface area contributed by atoms with E-state index < -0.39 is 5.97 Å². The largest absolute Gasteiger partial charge is 0.497 e. The van der Waals surface area contributed by atoms with E-state index in [0.29, 0.717) is 28.4 Å². The lowest BCUT2D eigenvalue weighted by Crippen LogP contribution is -2.08. The Morgan fingerprint density at radius 3 is 2.48 bits per heavy atom. The maximum atomic E-state index is 12.6.